The van der Waals surface area contributed by atoms with Gasteiger partial charge < -0.3 is 15.4 Å². The van der Waals surface area contributed by atoms with Crippen LogP contribution in [0.25, 0.3) is 0 Å². The number of rotatable bonds is 5. The fraction of sp³-hybridized carbons (Fsp3) is 0.238. The van der Waals surface area contributed by atoms with Gasteiger partial charge in [0.05, 0.1) is 6.61 Å². The molecule has 144 valence electrons. The van der Waals surface area contributed by atoms with Crippen molar-refractivity contribution in [3.05, 3.63) is 72.3 Å². The number of carbonyl (C=O) groups excluding carboxylic acids is 1. The first-order valence-electron chi connectivity index (χ1n) is 9.21. The first kappa shape index (κ1) is 18.4. The number of hydrogen-bond donors (Lipinski definition) is 2. The molecule has 0 spiro atoms. The van der Waals surface area contributed by atoms with Gasteiger partial charge in [-0.3, -0.25) is 9.80 Å². The van der Waals surface area contributed by atoms with Crippen LogP contribution in [0.5, 0.6) is 5.75 Å². The summed E-state index contributed by atoms with van der Waals surface area (Å²) in [6.45, 7) is 6.32. The molecule has 2 N–H and O–H groups in total. The van der Waals surface area contributed by atoms with E-state index in [1.54, 1.807) is 6.08 Å². The molecule has 0 aliphatic carbocycles. The van der Waals surface area contributed by atoms with Gasteiger partial charge in [-0.2, -0.15) is 0 Å². The summed E-state index contributed by atoms with van der Waals surface area (Å²) >= 11 is 1.45. The fourth-order valence-electron chi connectivity index (χ4n) is 3.40. The smallest absolute Gasteiger partial charge is 0.255 e. The van der Waals surface area contributed by atoms with E-state index in [9.17, 15) is 4.79 Å². The van der Waals surface area contributed by atoms with Crippen molar-refractivity contribution in [3.63, 3.8) is 0 Å². The molecule has 0 aromatic heterocycles. The van der Waals surface area contributed by atoms with Crippen LogP contribution >= 0.6 is 11.8 Å². The van der Waals surface area contributed by atoms with E-state index in [0.717, 1.165) is 22.6 Å². The first-order valence-corrected chi connectivity index (χ1v) is 10.2. The van der Waals surface area contributed by atoms with Gasteiger partial charge in [-0.1, -0.05) is 48.2 Å². The summed E-state index contributed by atoms with van der Waals surface area (Å²) in [5.74, 6) is 1.42. The van der Waals surface area contributed by atoms with E-state index in [-0.39, 0.29) is 12.1 Å². The van der Waals surface area contributed by atoms with Gasteiger partial charge >= 0.3 is 0 Å². The molecule has 2 aliphatic heterocycles. The summed E-state index contributed by atoms with van der Waals surface area (Å²) in [4.78, 5) is 13.0. The van der Waals surface area contributed by atoms with Crippen LogP contribution < -0.4 is 15.4 Å². The van der Waals surface area contributed by atoms with Gasteiger partial charge in [0, 0.05) is 17.0 Å². The van der Waals surface area contributed by atoms with Gasteiger partial charge in [0.15, 0.2) is 11.2 Å². The molecule has 6 nitrogen and oxygen atoms in total. The average Bonchev–Trinajstić information content (AvgIpc) is 2.72. The van der Waals surface area contributed by atoms with Crippen LogP contribution in [0, 0.1) is 0 Å². The number of nitrogens with one attached hydrogen (secondary N) is 2. The van der Waals surface area contributed by atoms with Crippen molar-refractivity contribution in [2.75, 3.05) is 17.7 Å². The lowest BCUT2D eigenvalue weighted by Crippen LogP contribution is -2.50. The first-order chi connectivity index (χ1) is 13.7. The van der Waals surface area contributed by atoms with Crippen LogP contribution in [0.1, 0.15) is 30.3 Å². The number of ether oxygens (including phenoxy) is 1. The van der Waals surface area contributed by atoms with Crippen molar-refractivity contribution in [3.8, 4) is 5.75 Å². The van der Waals surface area contributed by atoms with E-state index in [1.165, 1.54) is 11.8 Å². The number of hydrogen-bond acceptors (Lipinski definition) is 6. The summed E-state index contributed by atoms with van der Waals surface area (Å²) in [6.07, 6.45) is 1.53. The van der Waals surface area contributed by atoms with E-state index in [2.05, 4.69) is 17.2 Å². The van der Waals surface area contributed by atoms with Crippen LogP contribution in [0.3, 0.4) is 0 Å². The Bertz CT molecular complexity index is 913. The molecule has 2 atom stereocenters. The Labute approximate surface area is 168 Å². The van der Waals surface area contributed by atoms with Crippen LogP contribution in [0.15, 0.2) is 66.3 Å². The number of para-hydroxylation sites is 1. The second-order valence-corrected chi connectivity index (χ2v) is 7.42. The van der Waals surface area contributed by atoms with Crippen LogP contribution in [-0.2, 0) is 4.79 Å². The van der Waals surface area contributed by atoms with E-state index in [4.69, 9.17) is 9.84 Å². The Balaban J connectivity index is 1.74. The molecular formula is C21H22N4O2S. The highest BCUT2D eigenvalue weighted by molar-refractivity contribution is 8.14. The lowest BCUT2D eigenvalue weighted by Gasteiger charge is -2.43. The molecule has 7 heteroatoms. The standard InChI is InChI=1S/C21H22N4O2S/c1-3-13-28-21-23-20(26)18-16-7-5-6-8-17(16)22-19(25(18)24-21)14-9-11-15(12-10-14)27-4-2/h3,5-12,18-19,22H,1,4,13H2,2H3,(H,23,24,26)/t18-,19-/m1/s1. The second kappa shape index (κ2) is 7.98. The molecule has 2 heterocycles. The Hall–Kier alpha value is -2.93. The lowest BCUT2D eigenvalue weighted by molar-refractivity contribution is -0.127. The van der Waals surface area contributed by atoms with Crippen molar-refractivity contribution in [1.29, 1.82) is 0 Å². The van der Waals surface area contributed by atoms with Gasteiger partial charge in [0.2, 0.25) is 0 Å². The maximum Gasteiger partial charge on any atom is 0.255 e. The number of benzene rings is 2. The second-order valence-electron chi connectivity index (χ2n) is 6.41. The number of carbonyl (C=O) groups is 1. The molecule has 0 saturated carbocycles. The predicted octanol–water partition coefficient (Wildman–Crippen LogP) is 3.87. The molecule has 0 radical (unpaired) electrons. The number of anilines is 1. The number of amides is 1. The topological polar surface area (TPSA) is 66.0 Å². The molecular weight excluding hydrogens is 372 g/mol. The predicted molar refractivity (Wildman–Crippen MR) is 113 cm³/mol. The normalized spacial score (nSPS) is 20.2. The maximum absolute atomic E-state index is 13.0. The van der Waals surface area contributed by atoms with E-state index in [1.807, 2.05) is 60.5 Å². The molecule has 1 amide bonds. The quantitative estimate of drug-likeness (QED) is 0.754. The fourth-order valence-corrected chi connectivity index (χ4v) is 4.00. The van der Waals surface area contributed by atoms with Gasteiger partial charge in [-0.15, -0.1) is 11.7 Å². The summed E-state index contributed by atoms with van der Waals surface area (Å²) in [6, 6.07) is 15.3. The Morgan fingerprint density at radius 2 is 2.04 bits per heavy atom. The minimum absolute atomic E-state index is 0.0774. The molecule has 2 aliphatic rings. The summed E-state index contributed by atoms with van der Waals surface area (Å²) in [5.41, 5.74) is 2.86. The van der Waals surface area contributed by atoms with Gasteiger partial charge in [-0.05, 0) is 30.7 Å². The zero-order chi connectivity index (χ0) is 19.5. The van der Waals surface area contributed by atoms with Crippen molar-refractivity contribution in [2.45, 2.75) is 19.1 Å². The third kappa shape index (κ3) is 3.45. The van der Waals surface area contributed by atoms with Gasteiger partial charge in [0.25, 0.3) is 5.91 Å². The van der Waals surface area contributed by atoms with Gasteiger partial charge in [0.1, 0.15) is 11.9 Å². The van der Waals surface area contributed by atoms with Crippen LogP contribution in [-0.4, -0.2) is 28.4 Å². The molecule has 0 bridgehead atoms. The van der Waals surface area contributed by atoms with E-state index in [0.29, 0.717) is 17.5 Å². The third-order valence-electron chi connectivity index (χ3n) is 4.61. The third-order valence-corrected chi connectivity index (χ3v) is 5.47. The molecule has 2 aromatic carbocycles. The summed E-state index contributed by atoms with van der Waals surface area (Å²) in [7, 11) is 0. The number of fused-ring (bicyclic) bond motifs is 3. The van der Waals surface area contributed by atoms with Crippen molar-refractivity contribution >= 4 is 28.5 Å². The molecule has 0 saturated heterocycles. The molecule has 28 heavy (non-hydrogen) atoms. The maximum atomic E-state index is 13.0. The van der Waals surface area contributed by atoms with Crippen molar-refractivity contribution in [1.82, 2.24) is 10.3 Å². The van der Waals surface area contributed by atoms with Gasteiger partial charge in [-0.25, -0.2) is 0 Å². The average molecular weight is 395 g/mol. The Morgan fingerprint density at radius 1 is 1.25 bits per heavy atom. The van der Waals surface area contributed by atoms with E-state index >= 15 is 0 Å². The largest absolute Gasteiger partial charge is 0.494 e. The monoisotopic (exact) mass is 394 g/mol. The summed E-state index contributed by atoms with van der Waals surface area (Å²) in [5, 5.41) is 13.6. The number of hydrazone groups is 1. The molecule has 0 unspecified atom stereocenters. The Morgan fingerprint density at radius 3 is 2.79 bits per heavy atom. The number of thioether (sulfide) groups is 1. The van der Waals surface area contributed by atoms with Crippen LogP contribution in [0.2, 0.25) is 0 Å². The molecule has 4 rings (SSSR count). The van der Waals surface area contributed by atoms with E-state index < -0.39 is 6.04 Å². The minimum atomic E-state index is -0.484. The molecule has 2 aromatic rings. The zero-order valence-electron chi connectivity index (χ0n) is 15.6. The van der Waals surface area contributed by atoms with Crippen molar-refractivity contribution < 1.29 is 9.53 Å². The highest BCUT2D eigenvalue weighted by atomic mass is 32.2. The highest BCUT2D eigenvalue weighted by Gasteiger charge is 2.41. The molecule has 0 fully saturated rings. The highest BCUT2D eigenvalue weighted by Crippen LogP contribution is 2.42. The SMILES string of the molecule is C=CCSC1=NN2[C@H](c3ccc(OCC)cc3)Nc3ccccc3[C@@H]2C(=O)N1. The minimum Gasteiger partial charge on any atom is -0.494 e. The lowest BCUT2D eigenvalue weighted by atomic mass is 9.97. The Kier molecular flexibility index (Phi) is 5.25. The zero-order valence-corrected chi connectivity index (χ0v) is 16.4. The number of amidine groups is 1. The van der Waals surface area contributed by atoms with Crippen molar-refractivity contribution in [2.24, 2.45) is 5.10 Å². The summed E-state index contributed by atoms with van der Waals surface area (Å²) < 4.78 is 5.55. The van der Waals surface area contributed by atoms with Crippen LogP contribution in [0.4, 0.5) is 5.69 Å². The number of nitrogens with zero attached hydrogens (tertiary/aromatic N) is 2.